The minimum absolute atomic E-state index is 0.269. The van der Waals surface area contributed by atoms with Crippen molar-refractivity contribution in [3.8, 4) is 5.75 Å². The Morgan fingerprint density at radius 2 is 1.95 bits per heavy atom. The summed E-state index contributed by atoms with van der Waals surface area (Å²) < 4.78 is 5.24. The molecule has 22 heavy (non-hydrogen) atoms. The second-order valence-corrected chi connectivity index (χ2v) is 5.84. The molecule has 6 heteroatoms. The van der Waals surface area contributed by atoms with Gasteiger partial charge in [-0.3, -0.25) is 4.79 Å². The lowest BCUT2D eigenvalue weighted by molar-refractivity contribution is -0.158. The van der Waals surface area contributed by atoms with E-state index in [0.29, 0.717) is 12.2 Å². The van der Waals surface area contributed by atoms with Gasteiger partial charge in [-0.15, -0.1) is 11.8 Å². The zero-order chi connectivity index (χ0) is 16.2. The van der Waals surface area contributed by atoms with Gasteiger partial charge in [0, 0.05) is 23.5 Å². The highest BCUT2D eigenvalue weighted by atomic mass is 32.2. The molecule has 0 heterocycles. The largest absolute Gasteiger partial charge is 0.496 e. The number of nitrogens with one attached hydrogen (secondary N) is 1. The number of para-hydroxylation sites is 1. The lowest BCUT2D eigenvalue weighted by Crippen LogP contribution is -2.27. The van der Waals surface area contributed by atoms with E-state index in [1.807, 2.05) is 24.3 Å². The van der Waals surface area contributed by atoms with Gasteiger partial charge in [0.05, 0.1) is 7.11 Å². The summed E-state index contributed by atoms with van der Waals surface area (Å²) in [6.45, 7) is 2.06. The maximum absolute atomic E-state index is 11.6. The molecule has 0 radical (unpaired) electrons. The van der Waals surface area contributed by atoms with Crippen LogP contribution in [0.4, 0.5) is 0 Å². The molecule has 0 bridgehead atoms. The van der Waals surface area contributed by atoms with E-state index in [-0.39, 0.29) is 18.3 Å². The Balaban J connectivity index is 2.19. The fraction of sp³-hybridized carbons (Fsp3) is 0.500. The molecule has 1 rings (SSSR count). The SMILES string of the molecule is CCCCCC(=O)ONC(=O)CCSc1ccccc1OC. The number of unbranched alkanes of at least 4 members (excludes halogenated alkanes) is 2. The Labute approximate surface area is 135 Å². The van der Waals surface area contributed by atoms with E-state index >= 15 is 0 Å². The normalized spacial score (nSPS) is 10.1. The number of benzene rings is 1. The average molecular weight is 325 g/mol. The maximum Gasteiger partial charge on any atom is 0.332 e. The molecular weight excluding hydrogens is 302 g/mol. The van der Waals surface area contributed by atoms with E-state index in [9.17, 15) is 9.59 Å². The van der Waals surface area contributed by atoms with Crippen molar-refractivity contribution in [1.29, 1.82) is 0 Å². The minimum Gasteiger partial charge on any atom is -0.496 e. The number of amides is 1. The topological polar surface area (TPSA) is 64.6 Å². The van der Waals surface area contributed by atoms with Crippen LogP contribution in [0.5, 0.6) is 5.75 Å². The van der Waals surface area contributed by atoms with Crippen LogP contribution in [0.2, 0.25) is 0 Å². The molecule has 122 valence electrons. The van der Waals surface area contributed by atoms with Gasteiger partial charge in [-0.05, 0) is 18.6 Å². The number of carbonyl (C=O) groups excluding carboxylic acids is 2. The van der Waals surface area contributed by atoms with Crippen molar-refractivity contribution < 1.29 is 19.2 Å². The summed E-state index contributed by atoms with van der Waals surface area (Å²) in [5, 5.41) is 0. The summed E-state index contributed by atoms with van der Waals surface area (Å²) in [6.07, 6.45) is 3.42. The van der Waals surface area contributed by atoms with E-state index in [1.54, 1.807) is 7.11 Å². The molecule has 0 aliphatic rings. The number of thioether (sulfide) groups is 1. The van der Waals surface area contributed by atoms with Crippen molar-refractivity contribution in [2.24, 2.45) is 0 Å². The van der Waals surface area contributed by atoms with Gasteiger partial charge in [0.15, 0.2) is 0 Å². The smallest absolute Gasteiger partial charge is 0.332 e. The van der Waals surface area contributed by atoms with Crippen LogP contribution in [0.1, 0.15) is 39.0 Å². The Bertz CT molecular complexity index is 479. The summed E-state index contributed by atoms with van der Waals surface area (Å²) in [4.78, 5) is 28.6. The van der Waals surface area contributed by atoms with Crippen LogP contribution in [0.3, 0.4) is 0 Å². The van der Waals surface area contributed by atoms with Crippen molar-refractivity contribution in [1.82, 2.24) is 5.48 Å². The second kappa shape index (κ2) is 11.0. The highest BCUT2D eigenvalue weighted by Crippen LogP contribution is 2.28. The summed E-state index contributed by atoms with van der Waals surface area (Å²) in [7, 11) is 1.62. The molecule has 0 aliphatic carbocycles. The Morgan fingerprint density at radius 3 is 2.68 bits per heavy atom. The lowest BCUT2D eigenvalue weighted by Gasteiger charge is -2.08. The van der Waals surface area contributed by atoms with Crippen LogP contribution >= 0.6 is 11.8 Å². The molecule has 0 saturated heterocycles. The van der Waals surface area contributed by atoms with Crippen molar-refractivity contribution in [3.05, 3.63) is 24.3 Å². The minimum atomic E-state index is -0.390. The van der Waals surface area contributed by atoms with Gasteiger partial charge < -0.3 is 9.57 Å². The van der Waals surface area contributed by atoms with E-state index in [0.717, 1.165) is 29.9 Å². The third kappa shape index (κ3) is 7.36. The highest BCUT2D eigenvalue weighted by molar-refractivity contribution is 7.99. The van der Waals surface area contributed by atoms with Crippen LogP contribution in [0.25, 0.3) is 0 Å². The van der Waals surface area contributed by atoms with Gasteiger partial charge in [-0.1, -0.05) is 31.9 Å². The van der Waals surface area contributed by atoms with E-state index in [2.05, 4.69) is 12.4 Å². The van der Waals surface area contributed by atoms with Gasteiger partial charge in [-0.2, -0.15) is 5.48 Å². The number of hydroxylamine groups is 1. The first-order valence-corrected chi connectivity index (χ1v) is 8.40. The van der Waals surface area contributed by atoms with Crippen LogP contribution in [0.15, 0.2) is 29.2 Å². The molecular formula is C16H23NO4S. The first-order chi connectivity index (χ1) is 10.7. The van der Waals surface area contributed by atoms with Crippen molar-refractivity contribution in [2.45, 2.75) is 43.9 Å². The molecule has 0 aromatic heterocycles. The number of hydrogen-bond acceptors (Lipinski definition) is 5. The predicted molar refractivity (Wildman–Crippen MR) is 86.7 cm³/mol. The molecule has 0 atom stereocenters. The fourth-order valence-electron chi connectivity index (χ4n) is 1.73. The van der Waals surface area contributed by atoms with Gasteiger partial charge in [0.2, 0.25) is 0 Å². The molecule has 0 saturated carbocycles. The zero-order valence-electron chi connectivity index (χ0n) is 13.1. The lowest BCUT2D eigenvalue weighted by atomic mass is 10.2. The summed E-state index contributed by atoms with van der Waals surface area (Å²) >= 11 is 1.52. The van der Waals surface area contributed by atoms with Crippen molar-refractivity contribution in [3.63, 3.8) is 0 Å². The molecule has 0 aliphatic heterocycles. The summed E-state index contributed by atoms with van der Waals surface area (Å²) in [5.74, 6) is 0.681. The average Bonchev–Trinajstić information content (AvgIpc) is 2.53. The number of ether oxygens (including phenoxy) is 1. The number of rotatable bonds is 9. The second-order valence-electron chi connectivity index (χ2n) is 4.71. The molecule has 5 nitrogen and oxygen atoms in total. The fourth-order valence-corrected chi connectivity index (χ4v) is 2.70. The molecule has 0 fully saturated rings. The van der Waals surface area contributed by atoms with E-state index < -0.39 is 0 Å². The quantitative estimate of drug-likeness (QED) is 0.428. The maximum atomic E-state index is 11.6. The number of hydrogen-bond donors (Lipinski definition) is 1. The molecule has 1 aromatic rings. The Morgan fingerprint density at radius 1 is 1.18 bits per heavy atom. The van der Waals surface area contributed by atoms with E-state index in [4.69, 9.17) is 9.57 Å². The first kappa shape index (κ1) is 18.4. The van der Waals surface area contributed by atoms with Crippen molar-refractivity contribution >= 4 is 23.6 Å². The van der Waals surface area contributed by atoms with Gasteiger partial charge in [0.25, 0.3) is 5.91 Å². The first-order valence-electron chi connectivity index (χ1n) is 7.41. The molecule has 1 N–H and O–H groups in total. The van der Waals surface area contributed by atoms with E-state index in [1.165, 1.54) is 11.8 Å². The third-order valence-corrected chi connectivity index (χ3v) is 3.98. The molecule has 0 spiro atoms. The summed E-state index contributed by atoms with van der Waals surface area (Å²) in [6, 6.07) is 7.63. The summed E-state index contributed by atoms with van der Waals surface area (Å²) in [5.41, 5.74) is 2.19. The monoisotopic (exact) mass is 325 g/mol. The van der Waals surface area contributed by atoms with Crippen LogP contribution < -0.4 is 10.2 Å². The Kier molecular flexibility index (Phi) is 9.14. The predicted octanol–water partition coefficient (Wildman–Crippen LogP) is 3.33. The highest BCUT2D eigenvalue weighted by Gasteiger charge is 2.08. The Hall–Kier alpha value is -1.69. The van der Waals surface area contributed by atoms with Crippen LogP contribution in [-0.4, -0.2) is 24.7 Å². The number of methoxy groups -OCH3 is 1. The molecule has 1 amide bonds. The molecule has 0 unspecified atom stereocenters. The van der Waals surface area contributed by atoms with Crippen molar-refractivity contribution in [2.75, 3.05) is 12.9 Å². The molecule has 1 aromatic carbocycles. The third-order valence-electron chi connectivity index (χ3n) is 2.92. The van der Waals surface area contributed by atoms with Gasteiger partial charge in [-0.25, -0.2) is 4.79 Å². The number of carbonyl (C=O) groups is 2. The standard InChI is InChI=1S/C16H23NO4S/c1-3-4-5-10-16(19)21-17-15(18)11-12-22-14-9-7-6-8-13(14)20-2/h6-9H,3-5,10-12H2,1-2H3,(H,17,18). The van der Waals surface area contributed by atoms with Gasteiger partial charge >= 0.3 is 5.97 Å². The van der Waals surface area contributed by atoms with Gasteiger partial charge in [0.1, 0.15) is 5.75 Å². The zero-order valence-corrected chi connectivity index (χ0v) is 13.9. The van der Waals surface area contributed by atoms with Crippen LogP contribution in [0, 0.1) is 0 Å². The van der Waals surface area contributed by atoms with Crippen LogP contribution in [-0.2, 0) is 14.4 Å².